The number of unbranched alkanes of at least 4 members (excludes halogenated alkanes) is 2. The highest BCUT2D eigenvalue weighted by atomic mass is 79.9. The van der Waals surface area contributed by atoms with Gasteiger partial charge >= 0.3 is 0 Å². The van der Waals surface area contributed by atoms with Gasteiger partial charge in [-0.15, -0.1) is 0 Å². The third-order valence-electron chi connectivity index (χ3n) is 2.82. The second kappa shape index (κ2) is 8.54. The van der Waals surface area contributed by atoms with Gasteiger partial charge < -0.3 is 4.90 Å². The van der Waals surface area contributed by atoms with Crippen molar-refractivity contribution in [2.24, 2.45) is 0 Å². The summed E-state index contributed by atoms with van der Waals surface area (Å²) in [5, 5.41) is 1.74. The summed E-state index contributed by atoms with van der Waals surface area (Å²) in [5.41, 5.74) is 1.01. The molecule has 1 aromatic carbocycles. The van der Waals surface area contributed by atoms with E-state index in [1.807, 2.05) is 36.2 Å². The van der Waals surface area contributed by atoms with Crippen molar-refractivity contribution in [3.63, 3.8) is 0 Å². The molecule has 18 heavy (non-hydrogen) atoms. The average molecular weight is 333 g/mol. The molecule has 0 atom stereocenters. The van der Waals surface area contributed by atoms with Gasteiger partial charge in [0.1, 0.15) is 0 Å². The Morgan fingerprint density at radius 2 is 1.89 bits per heavy atom. The molecule has 0 N–H and O–H groups in total. The summed E-state index contributed by atoms with van der Waals surface area (Å²) in [7, 11) is 1.87. The first kappa shape index (κ1) is 15.5. The van der Waals surface area contributed by atoms with E-state index in [9.17, 15) is 4.79 Å². The van der Waals surface area contributed by atoms with Gasteiger partial charge in [0.05, 0.1) is 6.42 Å². The molecule has 4 heteroatoms. The number of rotatable bonds is 7. The molecule has 0 aliphatic rings. The zero-order chi connectivity index (χ0) is 13.4. The van der Waals surface area contributed by atoms with Crippen molar-refractivity contribution < 1.29 is 4.79 Å². The Hall–Kier alpha value is -0.540. The number of hydrogen-bond acceptors (Lipinski definition) is 1. The summed E-state index contributed by atoms with van der Waals surface area (Å²) in [6.45, 7) is 0.833. The number of halogens is 2. The van der Waals surface area contributed by atoms with E-state index < -0.39 is 0 Å². The van der Waals surface area contributed by atoms with Crippen LogP contribution in [0.25, 0.3) is 0 Å². The molecule has 0 aromatic heterocycles. The monoisotopic (exact) mass is 331 g/mol. The number of likely N-dealkylation sites (N-methyl/N-ethyl adjacent to an activating group) is 1. The number of benzene rings is 1. The third kappa shape index (κ3) is 5.87. The molecule has 0 heterocycles. The number of nitrogens with zero attached hydrogens (tertiary/aromatic N) is 1. The first-order chi connectivity index (χ1) is 8.63. The van der Waals surface area contributed by atoms with Gasteiger partial charge in [0.25, 0.3) is 0 Å². The molecule has 0 fully saturated rings. The van der Waals surface area contributed by atoms with E-state index in [0.717, 1.165) is 30.3 Å². The number of hydrogen-bond donors (Lipinski definition) is 0. The molecule has 0 spiro atoms. The highest BCUT2D eigenvalue weighted by molar-refractivity contribution is 9.09. The van der Waals surface area contributed by atoms with E-state index in [0.29, 0.717) is 11.4 Å². The number of carbonyl (C=O) groups is 1. The van der Waals surface area contributed by atoms with E-state index in [2.05, 4.69) is 15.9 Å². The summed E-state index contributed by atoms with van der Waals surface area (Å²) < 4.78 is 0. The van der Waals surface area contributed by atoms with Crippen LogP contribution in [-0.4, -0.2) is 29.7 Å². The SMILES string of the molecule is CN(CCCCCBr)C(=O)Cc1ccc(Cl)cc1. The van der Waals surface area contributed by atoms with Crippen molar-refractivity contribution >= 4 is 33.4 Å². The maximum absolute atomic E-state index is 11.9. The number of carbonyl (C=O) groups excluding carboxylic acids is 1. The Kier molecular flexibility index (Phi) is 7.36. The molecule has 1 rings (SSSR count). The molecule has 1 aromatic rings. The maximum Gasteiger partial charge on any atom is 0.226 e. The van der Waals surface area contributed by atoms with Crippen molar-refractivity contribution in [2.75, 3.05) is 18.9 Å². The van der Waals surface area contributed by atoms with Crippen LogP contribution in [-0.2, 0) is 11.2 Å². The fourth-order valence-corrected chi connectivity index (χ4v) is 2.18. The van der Waals surface area contributed by atoms with Gasteiger partial charge in [0.2, 0.25) is 5.91 Å². The largest absolute Gasteiger partial charge is 0.345 e. The van der Waals surface area contributed by atoms with Gasteiger partial charge in [-0.25, -0.2) is 0 Å². The van der Waals surface area contributed by atoms with Gasteiger partial charge in [-0.1, -0.05) is 46.1 Å². The highest BCUT2D eigenvalue weighted by Gasteiger charge is 2.08. The van der Waals surface area contributed by atoms with Crippen LogP contribution in [0.1, 0.15) is 24.8 Å². The van der Waals surface area contributed by atoms with E-state index >= 15 is 0 Å². The minimum Gasteiger partial charge on any atom is -0.345 e. The fraction of sp³-hybridized carbons (Fsp3) is 0.500. The Labute approximate surface area is 122 Å². The minimum atomic E-state index is 0.163. The second-order valence-electron chi connectivity index (χ2n) is 4.37. The van der Waals surface area contributed by atoms with Crippen molar-refractivity contribution in [3.8, 4) is 0 Å². The van der Waals surface area contributed by atoms with Crippen molar-refractivity contribution in [2.45, 2.75) is 25.7 Å². The molecule has 1 amide bonds. The van der Waals surface area contributed by atoms with Crippen LogP contribution in [0, 0.1) is 0 Å². The van der Waals surface area contributed by atoms with Crippen LogP contribution in [0.3, 0.4) is 0 Å². The average Bonchev–Trinajstić information content (AvgIpc) is 2.37. The summed E-state index contributed by atoms with van der Waals surface area (Å²) in [6.07, 6.45) is 3.84. The quantitative estimate of drug-likeness (QED) is 0.547. The number of alkyl halides is 1. The molecule has 100 valence electrons. The lowest BCUT2D eigenvalue weighted by atomic mass is 10.1. The fourth-order valence-electron chi connectivity index (χ4n) is 1.66. The normalized spacial score (nSPS) is 10.4. The first-order valence-electron chi connectivity index (χ1n) is 6.18. The zero-order valence-electron chi connectivity index (χ0n) is 10.7. The Bertz CT molecular complexity index is 367. The number of amides is 1. The molecular weight excluding hydrogens is 314 g/mol. The zero-order valence-corrected chi connectivity index (χ0v) is 13.0. The van der Waals surface area contributed by atoms with Gasteiger partial charge in [0.15, 0.2) is 0 Å². The van der Waals surface area contributed by atoms with Crippen LogP contribution < -0.4 is 0 Å². The van der Waals surface area contributed by atoms with Gasteiger partial charge in [-0.05, 0) is 30.5 Å². The smallest absolute Gasteiger partial charge is 0.226 e. The standard InChI is InChI=1S/C14H19BrClNO/c1-17(10-4-2-3-9-15)14(18)11-12-5-7-13(16)8-6-12/h5-8H,2-4,9-11H2,1H3. The second-order valence-corrected chi connectivity index (χ2v) is 5.60. The summed E-state index contributed by atoms with van der Waals surface area (Å²) in [6, 6.07) is 7.44. The topological polar surface area (TPSA) is 20.3 Å². The van der Waals surface area contributed by atoms with Crippen LogP contribution in [0.2, 0.25) is 5.02 Å². The third-order valence-corrected chi connectivity index (χ3v) is 3.63. The lowest BCUT2D eigenvalue weighted by Gasteiger charge is -2.17. The molecule has 0 saturated heterocycles. The molecule has 2 nitrogen and oxygen atoms in total. The van der Waals surface area contributed by atoms with Crippen LogP contribution in [0.5, 0.6) is 0 Å². The highest BCUT2D eigenvalue weighted by Crippen LogP contribution is 2.11. The van der Waals surface area contributed by atoms with E-state index in [-0.39, 0.29) is 5.91 Å². The molecule has 0 bridgehead atoms. The van der Waals surface area contributed by atoms with Crippen LogP contribution >= 0.6 is 27.5 Å². The van der Waals surface area contributed by atoms with E-state index in [4.69, 9.17) is 11.6 Å². The first-order valence-corrected chi connectivity index (χ1v) is 7.68. The summed E-state index contributed by atoms with van der Waals surface area (Å²) in [4.78, 5) is 13.8. The maximum atomic E-state index is 11.9. The molecule has 0 aliphatic heterocycles. The van der Waals surface area contributed by atoms with E-state index in [1.165, 1.54) is 6.42 Å². The Morgan fingerprint density at radius 3 is 2.50 bits per heavy atom. The minimum absolute atomic E-state index is 0.163. The van der Waals surface area contributed by atoms with Crippen LogP contribution in [0.15, 0.2) is 24.3 Å². The van der Waals surface area contributed by atoms with Crippen molar-refractivity contribution in [1.29, 1.82) is 0 Å². The van der Waals surface area contributed by atoms with Gasteiger partial charge in [0, 0.05) is 23.9 Å². The predicted octanol–water partition coefficient (Wildman–Crippen LogP) is 3.91. The molecule has 0 radical (unpaired) electrons. The Morgan fingerprint density at radius 1 is 1.22 bits per heavy atom. The molecule has 0 aliphatic carbocycles. The Balaban J connectivity index is 2.33. The van der Waals surface area contributed by atoms with Gasteiger partial charge in [-0.2, -0.15) is 0 Å². The lowest BCUT2D eigenvalue weighted by Crippen LogP contribution is -2.29. The van der Waals surface area contributed by atoms with Gasteiger partial charge in [-0.3, -0.25) is 4.79 Å². The van der Waals surface area contributed by atoms with Crippen LogP contribution in [0.4, 0.5) is 0 Å². The molecule has 0 saturated carbocycles. The van der Waals surface area contributed by atoms with E-state index in [1.54, 1.807) is 0 Å². The lowest BCUT2D eigenvalue weighted by molar-refractivity contribution is -0.129. The summed E-state index contributed by atoms with van der Waals surface area (Å²) >= 11 is 9.21. The summed E-state index contributed by atoms with van der Waals surface area (Å²) in [5.74, 6) is 0.163. The molecule has 0 unspecified atom stereocenters. The van der Waals surface area contributed by atoms with Crippen molar-refractivity contribution in [3.05, 3.63) is 34.9 Å². The predicted molar refractivity (Wildman–Crippen MR) is 80.4 cm³/mol. The van der Waals surface area contributed by atoms with Crippen molar-refractivity contribution in [1.82, 2.24) is 4.90 Å². The molecular formula is C14H19BrClNO.